The molecular formula is C29H28N6O4. The van der Waals surface area contributed by atoms with Crippen LogP contribution in [0.25, 0.3) is 11.1 Å². The van der Waals surface area contributed by atoms with Crippen LogP contribution in [0.2, 0.25) is 0 Å². The molecule has 4 aromatic rings. The maximum Gasteiger partial charge on any atom is 0.409 e. The van der Waals surface area contributed by atoms with Gasteiger partial charge in [-0.15, -0.1) is 0 Å². The van der Waals surface area contributed by atoms with Crippen molar-refractivity contribution in [1.29, 1.82) is 0 Å². The lowest BCUT2D eigenvalue weighted by Gasteiger charge is -2.11. The highest BCUT2D eigenvalue weighted by Gasteiger charge is 2.09. The Morgan fingerprint density at radius 2 is 1.49 bits per heavy atom. The van der Waals surface area contributed by atoms with E-state index in [0.717, 1.165) is 16.7 Å². The van der Waals surface area contributed by atoms with E-state index in [2.05, 4.69) is 25.9 Å². The minimum Gasteiger partial charge on any atom is -0.465 e. The summed E-state index contributed by atoms with van der Waals surface area (Å²) in [6.07, 6.45) is 4.59. The summed E-state index contributed by atoms with van der Waals surface area (Å²) in [5, 5.41) is 17.1. The topological polar surface area (TPSA) is 137 Å². The first-order valence-corrected chi connectivity index (χ1v) is 12.2. The van der Waals surface area contributed by atoms with E-state index in [1.54, 1.807) is 75.2 Å². The third-order valence-electron chi connectivity index (χ3n) is 5.78. The van der Waals surface area contributed by atoms with Gasteiger partial charge in [-0.3, -0.25) is 19.9 Å². The number of hydrogen-bond donors (Lipinski definition) is 4. The fourth-order valence-electron chi connectivity index (χ4n) is 3.79. The summed E-state index contributed by atoms with van der Waals surface area (Å²) in [7, 11) is 3.44. The molecule has 0 unspecified atom stereocenters. The van der Waals surface area contributed by atoms with Crippen molar-refractivity contribution >= 4 is 40.8 Å². The fraction of sp³-hybridized carbons (Fsp3) is 0.138. The Balaban J connectivity index is 1.31. The van der Waals surface area contributed by atoms with Crippen molar-refractivity contribution in [3.63, 3.8) is 0 Å². The van der Waals surface area contributed by atoms with E-state index in [1.807, 2.05) is 24.3 Å². The summed E-state index contributed by atoms with van der Waals surface area (Å²) in [5.41, 5.74) is 5.10. The molecule has 2 heterocycles. The van der Waals surface area contributed by atoms with Crippen LogP contribution in [0.4, 0.5) is 27.7 Å². The molecule has 0 radical (unpaired) electrons. The lowest BCUT2D eigenvalue weighted by molar-refractivity contribution is -0.116. The average molecular weight is 525 g/mol. The van der Waals surface area contributed by atoms with E-state index in [-0.39, 0.29) is 18.2 Å². The molecule has 198 valence electrons. The van der Waals surface area contributed by atoms with Crippen LogP contribution in [-0.4, -0.2) is 52.0 Å². The fourth-order valence-corrected chi connectivity index (χ4v) is 3.79. The molecule has 0 spiro atoms. The number of aromatic nitrogens is 2. The van der Waals surface area contributed by atoms with Gasteiger partial charge in [0.15, 0.2) is 0 Å². The zero-order chi connectivity index (χ0) is 27.8. The van der Waals surface area contributed by atoms with E-state index < -0.39 is 6.09 Å². The largest absolute Gasteiger partial charge is 0.465 e. The van der Waals surface area contributed by atoms with Crippen molar-refractivity contribution < 1.29 is 19.5 Å². The Morgan fingerprint density at radius 1 is 0.795 bits per heavy atom. The molecule has 0 bridgehead atoms. The molecule has 0 aliphatic rings. The molecule has 0 fully saturated rings. The molecule has 0 saturated heterocycles. The van der Waals surface area contributed by atoms with Crippen LogP contribution in [0.15, 0.2) is 85.3 Å². The van der Waals surface area contributed by atoms with Crippen molar-refractivity contribution in [1.82, 2.24) is 14.9 Å². The highest BCUT2D eigenvalue weighted by atomic mass is 16.4. The molecule has 0 atom stereocenters. The predicted octanol–water partition coefficient (Wildman–Crippen LogP) is 5.25. The monoisotopic (exact) mass is 524 g/mol. The van der Waals surface area contributed by atoms with Crippen LogP contribution in [0.5, 0.6) is 0 Å². The van der Waals surface area contributed by atoms with Gasteiger partial charge >= 0.3 is 6.09 Å². The molecule has 4 N–H and O–H groups in total. The van der Waals surface area contributed by atoms with Gasteiger partial charge in [-0.25, -0.2) is 9.78 Å². The maximum atomic E-state index is 12.4. The molecule has 39 heavy (non-hydrogen) atoms. The Bertz CT molecular complexity index is 1450. The van der Waals surface area contributed by atoms with Gasteiger partial charge in [0, 0.05) is 43.5 Å². The standard InChI is InChI=1S/C29H28N6O4/c1-35(2)28(37)21-8-6-20(7-9-21)22-10-13-26(31-16-22)32-24-15-25(18-30-17-24)33-27(36)14-5-19-3-11-23(12-4-19)34-29(38)39/h3-4,6-13,15-18,34H,5,14H2,1-2H3,(H,31,32)(H,33,36)(H,38,39). The average Bonchev–Trinajstić information content (AvgIpc) is 2.93. The van der Waals surface area contributed by atoms with Crippen LogP contribution < -0.4 is 16.0 Å². The second-order valence-electron chi connectivity index (χ2n) is 8.97. The smallest absolute Gasteiger partial charge is 0.409 e. The van der Waals surface area contributed by atoms with E-state index in [0.29, 0.717) is 34.9 Å². The number of pyridine rings is 2. The number of benzene rings is 2. The van der Waals surface area contributed by atoms with Crippen molar-refractivity contribution in [2.45, 2.75) is 12.8 Å². The highest BCUT2D eigenvalue weighted by Crippen LogP contribution is 2.23. The first kappa shape index (κ1) is 26.8. The molecule has 0 aliphatic heterocycles. The number of amides is 3. The summed E-state index contributed by atoms with van der Waals surface area (Å²) in [6.45, 7) is 0. The number of nitrogens with one attached hydrogen (secondary N) is 3. The third kappa shape index (κ3) is 7.62. The van der Waals surface area contributed by atoms with E-state index >= 15 is 0 Å². The minimum atomic E-state index is -1.12. The van der Waals surface area contributed by atoms with Crippen LogP contribution in [0, 0.1) is 0 Å². The second kappa shape index (κ2) is 12.3. The number of aryl methyl sites for hydroxylation is 1. The van der Waals surface area contributed by atoms with Crippen molar-refractivity contribution in [2.24, 2.45) is 0 Å². The van der Waals surface area contributed by atoms with E-state index in [4.69, 9.17) is 5.11 Å². The Kier molecular flexibility index (Phi) is 8.47. The van der Waals surface area contributed by atoms with E-state index in [1.165, 1.54) is 4.90 Å². The molecule has 4 rings (SSSR count). The predicted molar refractivity (Wildman–Crippen MR) is 150 cm³/mol. The van der Waals surface area contributed by atoms with Gasteiger partial charge in [-0.2, -0.15) is 0 Å². The minimum absolute atomic E-state index is 0.0479. The molecule has 0 saturated carbocycles. The molecule has 3 amide bonds. The Hall–Kier alpha value is -5.25. The lowest BCUT2D eigenvalue weighted by atomic mass is 10.1. The zero-order valence-electron chi connectivity index (χ0n) is 21.5. The van der Waals surface area contributed by atoms with Gasteiger partial charge < -0.3 is 20.6 Å². The number of carboxylic acid groups (broad SMARTS) is 1. The molecule has 10 heteroatoms. The molecular weight excluding hydrogens is 496 g/mol. The van der Waals surface area contributed by atoms with Crippen LogP contribution in [0.3, 0.4) is 0 Å². The number of carbonyl (C=O) groups is 3. The summed E-state index contributed by atoms with van der Waals surface area (Å²) in [5.74, 6) is 0.403. The van der Waals surface area contributed by atoms with Crippen molar-refractivity contribution in [2.75, 3.05) is 30.0 Å². The van der Waals surface area contributed by atoms with Gasteiger partial charge in [-0.1, -0.05) is 24.3 Å². The van der Waals surface area contributed by atoms with Gasteiger partial charge in [0.25, 0.3) is 5.91 Å². The summed E-state index contributed by atoms with van der Waals surface area (Å²) < 4.78 is 0. The Labute approximate surface area is 225 Å². The van der Waals surface area contributed by atoms with Gasteiger partial charge in [0.05, 0.1) is 23.8 Å². The summed E-state index contributed by atoms with van der Waals surface area (Å²) >= 11 is 0. The number of nitrogens with zero attached hydrogens (tertiary/aromatic N) is 3. The van der Waals surface area contributed by atoms with Crippen LogP contribution in [-0.2, 0) is 11.2 Å². The number of anilines is 4. The van der Waals surface area contributed by atoms with Gasteiger partial charge in [-0.05, 0) is 60.0 Å². The van der Waals surface area contributed by atoms with E-state index in [9.17, 15) is 14.4 Å². The lowest BCUT2D eigenvalue weighted by Crippen LogP contribution is -2.21. The quantitative estimate of drug-likeness (QED) is 0.235. The first-order valence-electron chi connectivity index (χ1n) is 12.2. The SMILES string of the molecule is CN(C)C(=O)c1ccc(-c2ccc(Nc3cncc(NC(=O)CCc4ccc(NC(=O)O)cc4)c3)nc2)cc1. The van der Waals surface area contributed by atoms with Crippen LogP contribution in [0.1, 0.15) is 22.3 Å². The normalized spacial score (nSPS) is 10.4. The second-order valence-corrected chi connectivity index (χ2v) is 8.97. The highest BCUT2D eigenvalue weighted by molar-refractivity contribution is 5.94. The van der Waals surface area contributed by atoms with Gasteiger partial charge in [0.1, 0.15) is 5.82 Å². The summed E-state index contributed by atoms with van der Waals surface area (Å²) in [4.78, 5) is 45.4. The Morgan fingerprint density at radius 3 is 2.13 bits per heavy atom. The van der Waals surface area contributed by atoms with Gasteiger partial charge in [0.2, 0.25) is 5.91 Å². The molecule has 10 nitrogen and oxygen atoms in total. The number of carbonyl (C=O) groups excluding carboxylic acids is 2. The van der Waals surface area contributed by atoms with Crippen LogP contribution >= 0.6 is 0 Å². The van der Waals surface area contributed by atoms with Crippen molar-refractivity contribution in [3.05, 3.63) is 96.4 Å². The summed E-state index contributed by atoms with van der Waals surface area (Å²) in [6, 6.07) is 19.8. The number of rotatable bonds is 9. The maximum absolute atomic E-state index is 12.4. The molecule has 2 aromatic heterocycles. The third-order valence-corrected chi connectivity index (χ3v) is 5.78. The zero-order valence-corrected chi connectivity index (χ0v) is 21.5. The molecule has 2 aromatic carbocycles. The number of hydrogen-bond acceptors (Lipinski definition) is 6. The first-order chi connectivity index (χ1) is 18.8. The van der Waals surface area contributed by atoms with Crippen molar-refractivity contribution in [3.8, 4) is 11.1 Å². The molecule has 0 aliphatic carbocycles.